The van der Waals surface area contributed by atoms with Gasteiger partial charge in [0, 0.05) is 5.39 Å². The molecule has 0 unspecified atom stereocenters. The van der Waals surface area contributed by atoms with Crippen molar-refractivity contribution in [1.82, 2.24) is 0 Å². The van der Waals surface area contributed by atoms with Gasteiger partial charge in [-0.2, -0.15) is 10.5 Å². The maximum atomic E-state index is 9.40. The van der Waals surface area contributed by atoms with Gasteiger partial charge in [-0.05, 0) is 35.9 Å². The van der Waals surface area contributed by atoms with E-state index in [1.165, 1.54) is 12.8 Å². The quantitative estimate of drug-likeness (QED) is 0.757. The maximum absolute atomic E-state index is 9.40. The fourth-order valence-corrected chi connectivity index (χ4v) is 2.34. The normalized spacial score (nSPS) is 10.1. The maximum Gasteiger partial charge on any atom is 0.100 e. The van der Waals surface area contributed by atoms with Crippen molar-refractivity contribution >= 4 is 10.8 Å². The molecule has 0 fully saturated rings. The SMILES string of the molecule is CCCCCc1ccc2ccc(C#N)cc2c1C#N. The molecule has 2 nitrogen and oxygen atoms in total. The Hall–Kier alpha value is -2.32. The molecule has 0 amide bonds. The largest absolute Gasteiger partial charge is 0.192 e. The first-order valence-electron chi connectivity index (χ1n) is 6.66. The van der Waals surface area contributed by atoms with Crippen molar-refractivity contribution in [2.24, 2.45) is 0 Å². The van der Waals surface area contributed by atoms with Crippen LogP contribution in [0, 0.1) is 22.7 Å². The molecule has 0 saturated heterocycles. The summed E-state index contributed by atoms with van der Waals surface area (Å²) in [7, 11) is 0. The predicted molar refractivity (Wildman–Crippen MR) is 76.6 cm³/mol. The fourth-order valence-electron chi connectivity index (χ4n) is 2.34. The number of fused-ring (bicyclic) bond motifs is 1. The van der Waals surface area contributed by atoms with Gasteiger partial charge in [-0.15, -0.1) is 0 Å². The summed E-state index contributed by atoms with van der Waals surface area (Å²) in [5.41, 5.74) is 2.43. The van der Waals surface area contributed by atoms with Crippen LogP contribution in [0.25, 0.3) is 10.8 Å². The lowest BCUT2D eigenvalue weighted by Crippen LogP contribution is -1.93. The van der Waals surface area contributed by atoms with Gasteiger partial charge in [0.1, 0.15) is 6.07 Å². The van der Waals surface area contributed by atoms with Gasteiger partial charge in [-0.25, -0.2) is 0 Å². The van der Waals surface area contributed by atoms with E-state index >= 15 is 0 Å². The van der Waals surface area contributed by atoms with Crippen LogP contribution in [0.1, 0.15) is 42.9 Å². The van der Waals surface area contributed by atoms with E-state index in [1.54, 1.807) is 6.07 Å². The first-order chi connectivity index (χ1) is 9.30. The van der Waals surface area contributed by atoms with Crippen molar-refractivity contribution in [3.8, 4) is 12.1 Å². The molecule has 2 rings (SSSR count). The third-order valence-electron chi connectivity index (χ3n) is 3.40. The number of nitriles is 2. The second-order valence-corrected chi connectivity index (χ2v) is 4.72. The average Bonchev–Trinajstić information content (AvgIpc) is 2.46. The van der Waals surface area contributed by atoms with Gasteiger partial charge in [-0.3, -0.25) is 0 Å². The fraction of sp³-hybridized carbons (Fsp3) is 0.294. The second-order valence-electron chi connectivity index (χ2n) is 4.72. The molecule has 2 aromatic rings. The summed E-state index contributed by atoms with van der Waals surface area (Å²) in [5, 5.41) is 20.3. The van der Waals surface area contributed by atoms with Crippen molar-refractivity contribution in [3.05, 3.63) is 47.0 Å². The van der Waals surface area contributed by atoms with Crippen LogP contribution >= 0.6 is 0 Å². The highest BCUT2D eigenvalue weighted by Crippen LogP contribution is 2.24. The number of nitrogens with zero attached hydrogens (tertiary/aromatic N) is 2. The first kappa shape index (κ1) is 13.1. The molecule has 0 radical (unpaired) electrons. The van der Waals surface area contributed by atoms with Crippen molar-refractivity contribution < 1.29 is 0 Å². The van der Waals surface area contributed by atoms with E-state index in [-0.39, 0.29) is 0 Å². The molecular weight excluding hydrogens is 232 g/mol. The zero-order valence-corrected chi connectivity index (χ0v) is 11.1. The lowest BCUT2D eigenvalue weighted by atomic mass is 9.95. The van der Waals surface area contributed by atoms with Gasteiger partial charge < -0.3 is 0 Å². The topological polar surface area (TPSA) is 47.6 Å². The van der Waals surface area contributed by atoms with Crippen molar-refractivity contribution in [3.63, 3.8) is 0 Å². The Morgan fingerprint density at radius 1 is 1.00 bits per heavy atom. The van der Waals surface area contributed by atoms with E-state index in [0.717, 1.165) is 34.7 Å². The number of rotatable bonds is 4. The van der Waals surface area contributed by atoms with Crippen LogP contribution < -0.4 is 0 Å². The minimum atomic E-state index is 0.606. The highest BCUT2D eigenvalue weighted by molar-refractivity contribution is 5.90. The zero-order valence-electron chi connectivity index (χ0n) is 11.1. The predicted octanol–water partition coefficient (Wildman–Crippen LogP) is 4.32. The molecule has 0 aliphatic rings. The summed E-state index contributed by atoms with van der Waals surface area (Å²) < 4.78 is 0. The molecule has 19 heavy (non-hydrogen) atoms. The number of benzene rings is 2. The molecule has 0 N–H and O–H groups in total. The van der Waals surface area contributed by atoms with Crippen LogP contribution in [0.15, 0.2) is 30.3 Å². The summed E-state index contributed by atoms with van der Waals surface area (Å²) in [5.74, 6) is 0. The summed E-state index contributed by atoms with van der Waals surface area (Å²) in [6.45, 7) is 2.17. The van der Waals surface area contributed by atoms with Crippen LogP contribution in [0.3, 0.4) is 0 Å². The van der Waals surface area contributed by atoms with Crippen molar-refractivity contribution in [2.75, 3.05) is 0 Å². The molecule has 2 heteroatoms. The molecule has 0 aromatic heterocycles. The molecule has 0 saturated carbocycles. The lowest BCUT2D eigenvalue weighted by Gasteiger charge is -2.07. The summed E-state index contributed by atoms with van der Waals surface area (Å²) in [4.78, 5) is 0. The molecule has 0 bridgehead atoms. The van der Waals surface area contributed by atoms with E-state index in [0.29, 0.717) is 5.56 Å². The molecule has 0 aliphatic heterocycles. The Morgan fingerprint density at radius 2 is 1.79 bits per heavy atom. The summed E-state index contributed by atoms with van der Waals surface area (Å²) in [6, 6.07) is 14.0. The lowest BCUT2D eigenvalue weighted by molar-refractivity contribution is 0.717. The molecule has 94 valence electrons. The molecular formula is C17H16N2. The minimum absolute atomic E-state index is 0.606. The van der Waals surface area contributed by atoms with Crippen molar-refractivity contribution in [1.29, 1.82) is 10.5 Å². The van der Waals surface area contributed by atoms with Crippen LogP contribution in [0.2, 0.25) is 0 Å². The smallest absolute Gasteiger partial charge is 0.100 e. The van der Waals surface area contributed by atoms with Crippen molar-refractivity contribution in [2.45, 2.75) is 32.6 Å². The van der Waals surface area contributed by atoms with Crippen LogP contribution in [-0.4, -0.2) is 0 Å². The summed E-state index contributed by atoms with van der Waals surface area (Å²) in [6.07, 6.45) is 4.40. The minimum Gasteiger partial charge on any atom is -0.192 e. The van der Waals surface area contributed by atoms with E-state index in [9.17, 15) is 5.26 Å². The molecule has 0 spiro atoms. The standard InChI is InChI=1S/C17H16N2/c1-2-3-4-5-14-8-9-15-7-6-13(11-18)10-16(15)17(14)12-19/h6-10H,2-5H2,1H3. The molecule has 2 aromatic carbocycles. The highest BCUT2D eigenvalue weighted by Gasteiger charge is 2.08. The highest BCUT2D eigenvalue weighted by atomic mass is 14.3. The Labute approximate surface area is 113 Å². The monoisotopic (exact) mass is 248 g/mol. The van der Waals surface area contributed by atoms with Gasteiger partial charge in [0.25, 0.3) is 0 Å². The number of hydrogen-bond acceptors (Lipinski definition) is 2. The van der Waals surface area contributed by atoms with Gasteiger partial charge >= 0.3 is 0 Å². The Kier molecular flexibility index (Phi) is 4.16. The third-order valence-corrected chi connectivity index (χ3v) is 3.40. The summed E-state index contributed by atoms with van der Waals surface area (Å²) >= 11 is 0. The Morgan fingerprint density at radius 3 is 2.47 bits per heavy atom. The van der Waals surface area contributed by atoms with Gasteiger partial charge in [0.2, 0.25) is 0 Å². The first-order valence-corrected chi connectivity index (χ1v) is 6.66. The van der Waals surface area contributed by atoms with Crippen LogP contribution in [0.4, 0.5) is 0 Å². The zero-order chi connectivity index (χ0) is 13.7. The number of unbranched alkanes of at least 4 members (excludes halogenated alkanes) is 2. The Bertz CT molecular complexity index is 672. The van der Waals surface area contributed by atoms with Gasteiger partial charge in [0.15, 0.2) is 0 Å². The van der Waals surface area contributed by atoms with Gasteiger partial charge in [0.05, 0.1) is 17.2 Å². The van der Waals surface area contributed by atoms with E-state index < -0.39 is 0 Å². The number of hydrogen-bond donors (Lipinski definition) is 0. The molecule has 0 atom stereocenters. The Balaban J connectivity index is 2.49. The second kappa shape index (κ2) is 6.03. The molecule has 0 heterocycles. The number of aryl methyl sites for hydroxylation is 1. The van der Waals surface area contributed by atoms with E-state index in [4.69, 9.17) is 5.26 Å². The van der Waals surface area contributed by atoms with Crippen LogP contribution in [-0.2, 0) is 6.42 Å². The van der Waals surface area contributed by atoms with Crippen LogP contribution in [0.5, 0.6) is 0 Å². The average molecular weight is 248 g/mol. The van der Waals surface area contributed by atoms with Gasteiger partial charge in [-0.1, -0.05) is 38.0 Å². The molecule has 0 aliphatic carbocycles. The van der Waals surface area contributed by atoms with E-state index in [1.807, 2.05) is 24.3 Å². The third kappa shape index (κ3) is 2.75. The van der Waals surface area contributed by atoms with E-state index in [2.05, 4.69) is 19.1 Å².